The van der Waals surface area contributed by atoms with Gasteiger partial charge in [-0.1, -0.05) is 37.6 Å². The first-order valence-electron chi connectivity index (χ1n) is 11.5. The Kier molecular flexibility index (Phi) is 10.4. The lowest BCUT2D eigenvalue weighted by Gasteiger charge is -2.29. The minimum Gasteiger partial charge on any atom is -0.455 e. The van der Waals surface area contributed by atoms with Crippen LogP contribution in [0.15, 0.2) is 24.3 Å². The molecule has 0 N–H and O–H groups in total. The zero-order valence-corrected chi connectivity index (χ0v) is 20.7. The Morgan fingerprint density at radius 2 is 1.41 bits per heavy atom. The van der Waals surface area contributed by atoms with Gasteiger partial charge in [-0.05, 0) is 55.6 Å². The molecule has 32 heavy (non-hydrogen) atoms. The molecule has 0 atom stereocenters. The van der Waals surface area contributed by atoms with Crippen molar-refractivity contribution in [1.29, 1.82) is 0 Å². The molecule has 0 saturated heterocycles. The van der Waals surface area contributed by atoms with E-state index in [2.05, 4.69) is 31.2 Å². The Labute approximate surface area is 192 Å². The molecular weight excluding hydrogens is 428 g/mol. The van der Waals surface area contributed by atoms with Gasteiger partial charge in [0.25, 0.3) is 17.9 Å². The highest BCUT2D eigenvalue weighted by atomic mass is 28.4. The smallest absolute Gasteiger partial charge is 0.455 e. The summed E-state index contributed by atoms with van der Waals surface area (Å²) in [4.78, 5) is 34.5. The monoisotopic (exact) mass is 464 g/mol. The van der Waals surface area contributed by atoms with Crippen molar-refractivity contribution in [2.45, 2.75) is 90.7 Å². The second-order valence-electron chi connectivity index (χ2n) is 8.40. The lowest BCUT2D eigenvalue weighted by molar-refractivity contribution is -0.147. The summed E-state index contributed by atoms with van der Waals surface area (Å²) in [5.41, 5.74) is 2.80. The molecule has 1 aliphatic carbocycles. The van der Waals surface area contributed by atoms with Crippen molar-refractivity contribution in [2.75, 3.05) is 6.61 Å². The van der Waals surface area contributed by atoms with E-state index < -0.39 is 26.7 Å². The molecule has 0 spiro atoms. The Bertz CT molecular complexity index is 713. The van der Waals surface area contributed by atoms with Crippen LogP contribution in [0.25, 0.3) is 0 Å². The van der Waals surface area contributed by atoms with Gasteiger partial charge in [-0.3, -0.25) is 14.4 Å². The zero-order chi connectivity index (χ0) is 23.6. The van der Waals surface area contributed by atoms with Gasteiger partial charge in [-0.15, -0.1) is 0 Å². The van der Waals surface area contributed by atoms with E-state index >= 15 is 0 Å². The Hall–Kier alpha value is -2.19. The molecule has 2 rings (SSSR count). The van der Waals surface area contributed by atoms with E-state index in [0.29, 0.717) is 18.9 Å². The van der Waals surface area contributed by atoms with Gasteiger partial charge in [0.15, 0.2) is 0 Å². The molecule has 1 saturated carbocycles. The fraction of sp³-hybridized carbons (Fsp3) is 0.625. The van der Waals surface area contributed by atoms with Crippen LogP contribution in [0.1, 0.15) is 83.3 Å². The molecule has 0 heterocycles. The summed E-state index contributed by atoms with van der Waals surface area (Å²) in [5, 5.41) is 0. The Morgan fingerprint density at radius 1 is 0.875 bits per heavy atom. The third-order valence-corrected chi connectivity index (χ3v) is 8.30. The van der Waals surface area contributed by atoms with E-state index in [9.17, 15) is 14.4 Å². The maximum absolute atomic E-state index is 11.5. The van der Waals surface area contributed by atoms with Crippen LogP contribution < -0.4 is 0 Å². The van der Waals surface area contributed by atoms with Gasteiger partial charge in [-0.25, -0.2) is 0 Å². The van der Waals surface area contributed by atoms with Crippen molar-refractivity contribution in [3.8, 4) is 0 Å². The van der Waals surface area contributed by atoms with Crippen LogP contribution in [-0.2, 0) is 38.8 Å². The average Bonchev–Trinajstić information content (AvgIpc) is 2.71. The molecule has 1 aromatic carbocycles. The molecule has 1 fully saturated rings. The van der Waals surface area contributed by atoms with E-state index in [1.54, 1.807) is 0 Å². The van der Waals surface area contributed by atoms with Crippen LogP contribution >= 0.6 is 0 Å². The standard InChI is InChI=1S/C24H36O7Si/c1-5-7-21-8-10-22(11-9-21)23-12-14-24(15-13-23)28-16-6-17-32(29-18(2)25,30-19(3)26)31-20(4)27/h8-11,23-24H,5-7,12-17H2,1-4H3. The molecule has 0 amide bonds. The molecule has 1 aromatic rings. The van der Waals surface area contributed by atoms with Crippen LogP contribution in [-0.4, -0.2) is 39.4 Å². The van der Waals surface area contributed by atoms with Crippen molar-refractivity contribution in [2.24, 2.45) is 0 Å². The van der Waals surface area contributed by atoms with Crippen LogP contribution in [0, 0.1) is 0 Å². The highest BCUT2D eigenvalue weighted by Crippen LogP contribution is 2.34. The first-order chi connectivity index (χ1) is 15.2. The fourth-order valence-corrected chi connectivity index (χ4v) is 6.54. The number of hydrogen-bond donors (Lipinski definition) is 0. The van der Waals surface area contributed by atoms with E-state index in [4.69, 9.17) is 18.0 Å². The number of benzene rings is 1. The van der Waals surface area contributed by atoms with E-state index in [0.717, 1.165) is 38.5 Å². The third-order valence-electron chi connectivity index (χ3n) is 5.54. The topological polar surface area (TPSA) is 88.1 Å². The molecule has 1 aliphatic rings. The lowest BCUT2D eigenvalue weighted by Crippen LogP contribution is -2.49. The molecule has 0 aromatic heterocycles. The van der Waals surface area contributed by atoms with Crippen LogP contribution in [0.3, 0.4) is 0 Å². The second kappa shape index (κ2) is 12.7. The molecule has 0 aliphatic heterocycles. The van der Waals surface area contributed by atoms with Gasteiger partial charge in [0.1, 0.15) is 0 Å². The van der Waals surface area contributed by atoms with Crippen molar-refractivity contribution < 1.29 is 32.4 Å². The maximum atomic E-state index is 11.5. The first kappa shape index (κ1) is 26.1. The number of carbonyl (C=O) groups excluding carboxylic acids is 3. The average molecular weight is 465 g/mol. The van der Waals surface area contributed by atoms with Crippen molar-refractivity contribution in [3.05, 3.63) is 35.4 Å². The van der Waals surface area contributed by atoms with E-state index in [-0.39, 0.29) is 12.1 Å². The number of aryl methyl sites for hydroxylation is 1. The first-order valence-corrected chi connectivity index (χ1v) is 13.5. The number of carbonyl (C=O) groups is 3. The third kappa shape index (κ3) is 8.74. The second-order valence-corrected chi connectivity index (χ2v) is 10.9. The summed E-state index contributed by atoms with van der Waals surface area (Å²) < 4.78 is 21.6. The highest BCUT2D eigenvalue weighted by Gasteiger charge is 2.51. The van der Waals surface area contributed by atoms with Crippen LogP contribution in [0.4, 0.5) is 0 Å². The van der Waals surface area contributed by atoms with E-state index in [1.165, 1.54) is 31.9 Å². The molecule has 8 heteroatoms. The Morgan fingerprint density at radius 3 is 1.88 bits per heavy atom. The summed E-state index contributed by atoms with van der Waals surface area (Å²) in [6, 6.07) is 9.16. The molecular formula is C24H36O7Si. The largest absolute Gasteiger partial charge is 0.705 e. The molecule has 0 unspecified atom stereocenters. The van der Waals surface area contributed by atoms with Gasteiger partial charge in [0, 0.05) is 27.4 Å². The van der Waals surface area contributed by atoms with E-state index in [1.807, 2.05) is 0 Å². The predicted octanol–water partition coefficient (Wildman–Crippen LogP) is 4.70. The predicted molar refractivity (Wildman–Crippen MR) is 122 cm³/mol. The van der Waals surface area contributed by atoms with Gasteiger partial charge >= 0.3 is 8.80 Å². The minimum atomic E-state index is -3.77. The summed E-state index contributed by atoms with van der Waals surface area (Å²) in [6.07, 6.45) is 7.07. The highest BCUT2D eigenvalue weighted by molar-refractivity contribution is 6.65. The van der Waals surface area contributed by atoms with Gasteiger partial charge in [0.05, 0.1) is 12.1 Å². The fourth-order valence-electron chi connectivity index (χ4n) is 4.22. The van der Waals surface area contributed by atoms with Crippen molar-refractivity contribution in [1.82, 2.24) is 0 Å². The SMILES string of the molecule is CCCc1ccc(C2CCC(OCCC[Si](OC(C)=O)(OC(C)=O)OC(C)=O)CC2)cc1. The van der Waals surface area contributed by atoms with Gasteiger partial charge < -0.3 is 18.0 Å². The Balaban J connectivity index is 1.80. The van der Waals surface area contributed by atoms with Gasteiger partial charge in [0.2, 0.25) is 0 Å². The number of hydrogen-bond acceptors (Lipinski definition) is 7. The van der Waals surface area contributed by atoms with Crippen molar-refractivity contribution in [3.63, 3.8) is 0 Å². The normalized spacial score (nSPS) is 18.6. The summed E-state index contributed by atoms with van der Waals surface area (Å²) in [7, 11) is -3.77. The van der Waals surface area contributed by atoms with Crippen molar-refractivity contribution >= 4 is 26.7 Å². The zero-order valence-electron chi connectivity index (χ0n) is 19.7. The quantitative estimate of drug-likeness (QED) is 0.346. The summed E-state index contributed by atoms with van der Waals surface area (Å²) in [5.74, 6) is -1.38. The lowest BCUT2D eigenvalue weighted by atomic mass is 9.82. The van der Waals surface area contributed by atoms with Crippen LogP contribution in [0.2, 0.25) is 6.04 Å². The summed E-state index contributed by atoms with van der Waals surface area (Å²) >= 11 is 0. The molecule has 178 valence electrons. The maximum Gasteiger partial charge on any atom is 0.705 e. The molecule has 0 bridgehead atoms. The number of ether oxygens (including phenoxy) is 1. The number of rotatable bonds is 11. The summed E-state index contributed by atoms with van der Waals surface area (Å²) in [6.45, 7) is 6.20. The molecule has 7 nitrogen and oxygen atoms in total. The minimum absolute atomic E-state index is 0.144. The van der Waals surface area contributed by atoms with Crippen LogP contribution in [0.5, 0.6) is 0 Å². The van der Waals surface area contributed by atoms with Gasteiger partial charge in [-0.2, -0.15) is 0 Å². The molecule has 0 radical (unpaired) electrons.